The Bertz CT molecular complexity index is 642. The Labute approximate surface area is 150 Å². The molecule has 0 radical (unpaired) electrons. The summed E-state index contributed by atoms with van der Waals surface area (Å²) >= 11 is 6.28. The van der Waals surface area contributed by atoms with E-state index in [0.29, 0.717) is 40.7 Å². The van der Waals surface area contributed by atoms with Crippen LogP contribution in [0.2, 0.25) is 0 Å². The second kappa shape index (κ2) is 4.68. The molecule has 3 heteroatoms. The van der Waals surface area contributed by atoms with Crippen molar-refractivity contribution in [1.82, 2.24) is 0 Å². The molecule has 5 rings (SSSR count). The molecule has 0 heterocycles. The van der Waals surface area contributed by atoms with Crippen molar-refractivity contribution < 1.29 is 9.90 Å². The van der Waals surface area contributed by atoms with Crippen molar-refractivity contribution in [1.29, 1.82) is 0 Å². The van der Waals surface area contributed by atoms with Crippen LogP contribution in [0, 0.1) is 40.4 Å². The molecule has 0 aromatic rings. The standard InChI is InChI=1S/C21H29ClO2/c1-12-7-13-8-15(23)3-4-16(13)17-5-6-19(2)20(24,11-22)9-14-10-21(14,19)18(12)17/h8,12,14,16-18,24H,3-7,9-11H2,1-2H3/t12?,14?,16-,17+,18+,19+,20?,21-/m0/s1. The van der Waals surface area contributed by atoms with Gasteiger partial charge in [-0.05, 0) is 79.6 Å². The molecule has 5 aliphatic carbocycles. The molecule has 0 aromatic heterocycles. The van der Waals surface area contributed by atoms with E-state index < -0.39 is 5.60 Å². The van der Waals surface area contributed by atoms with Gasteiger partial charge in [0.05, 0.1) is 11.5 Å². The number of aliphatic hydroxyl groups is 1. The molecule has 1 spiro atoms. The molecule has 3 unspecified atom stereocenters. The third-order valence-corrected chi connectivity index (χ3v) is 9.70. The second-order valence-electron chi connectivity index (χ2n) is 9.88. The van der Waals surface area contributed by atoms with Gasteiger partial charge in [-0.3, -0.25) is 4.79 Å². The summed E-state index contributed by atoms with van der Waals surface area (Å²) in [6.45, 7) is 4.75. The molecule has 132 valence electrons. The monoisotopic (exact) mass is 348 g/mol. The van der Waals surface area contributed by atoms with Crippen LogP contribution in [0.5, 0.6) is 0 Å². The van der Waals surface area contributed by atoms with Gasteiger partial charge in [-0.15, -0.1) is 11.6 Å². The highest BCUT2D eigenvalue weighted by molar-refractivity contribution is 6.18. The lowest BCUT2D eigenvalue weighted by molar-refractivity contribution is -0.143. The molecule has 5 aliphatic rings. The average molecular weight is 349 g/mol. The van der Waals surface area contributed by atoms with Gasteiger partial charge in [0.1, 0.15) is 0 Å². The topological polar surface area (TPSA) is 37.3 Å². The fourth-order valence-electron chi connectivity index (χ4n) is 8.25. The van der Waals surface area contributed by atoms with Gasteiger partial charge in [0.15, 0.2) is 5.78 Å². The summed E-state index contributed by atoms with van der Waals surface area (Å²) in [6, 6.07) is 0. The van der Waals surface area contributed by atoms with Gasteiger partial charge in [0.2, 0.25) is 0 Å². The average Bonchev–Trinajstić information content (AvgIpc) is 3.19. The maximum Gasteiger partial charge on any atom is 0.155 e. The Hall–Kier alpha value is -0.340. The summed E-state index contributed by atoms with van der Waals surface area (Å²) in [7, 11) is 0. The lowest BCUT2D eigenvalue weighted by Gasteiger charge is -2.59. The lowest BCUT2D eigenvalue weighted by Crippen LogP contribution is -2.58. The van der Waals surface area contributed by atoms with Gasteiger partial charge < -0.3 is 5.11 Å². The number of halogens is 1. The summed E-state index contributed by atoms with van der Waals surface area (Å²) in [4.78, 5) is 11.9. The Balaban J connectivity index is 1.57. The fraction of sp³-hybridized carbons (Fsp3) is 0.857. The Kier molecular flexibility index (Phi) is 3.10. The highest BCUT2D eigenvalue weighted by Gasteiger charge is 2.81. The van der Waals surface area contributed by atoms with Crippen molar-refractivity contribution in [2.24, 2.45) is 40.4 Å². The zero-order chi connectivity index (χ0) is 16.9. The maximum atomic E-state index is 11.9. The van der Waals surface area contributed by atoms with E-state index in [4.69, 9.17) is 11.6 Å². The first-order valence-electron chi connectivity index (χ1n) is 9.88. The first-order valence-corrected chi connectivity index (χ1v) is 10.4. The van der Waals surface area contributed by atoms with Crippen LogP contribution in [-0.2, 0) is 4.79 Å². The summed E-state index contributed by atoms with van der Waals surface area (Å²) in [5, 5.41) is 11.3. The van der Waals surface area contributed by atoms with Gasteiger partial charge in [0.25, 0.3) is 0 Å². The van der Waals surface area contributed by atoms with E-state index in [1.807, 2.05) is 6.08 Å². The van der Waals surface area contributed by atoms with Crippen molar-refractivity contribution in [3.63, 3.8) is 0 Å². The van der Waals surface area contributed by atoms with E-state index in [1.165, 1.54) is 18.4 Å². The SMILES string of the molecule is CC1CC2=CC(=O)CC[C@@H]2[C@H]2CC[C@]3(C)C(O)(CCl)CC4C[C@@]43[C@H]12. The van der Waals surface area contributed by atoms with Crippen molar-refractivity contribution in [2.75, 3.05) is 5.88 Å². The normalized spacial score (nSPS) is 58.2. The molecule has 24 heavy (non-hydrogen) atoms. The Morgan fingerprint density at radius 3 is 2.88 bits per heavy atom. The van der Waals surface area contributed by atoms with Crippen molar-refractivity contribution >= 4 is 17.4 Å². The van der Waals surface area contributed by atoms with E-state index in [0.717, 1.165) is 38.0 Å². The molecule has 1 N–H and O–H groups in total. The lowest BCUT2D eigenvalue weighted by atomic mass is 9.46. The smallest absolute Gasteiger partial charge is 0.155 e. The van der Waals surface area contributed by atoms with Gasteiger partial charge in [-0.2, -0.15) is 0 Å². The highest BCUT2D eigenvalue weighted by Crippen LogP contribution is 2.84. The number of fused-ring (bicyclic) bond motifs is 3. The van der Waals surface area contributed by atoms with Gasteiger partial charge in [0, 0.05) is 11.8 Å². The minimum atomic E-state index is -0.666. The molecule has 2 nitrogen and oxygen atoms in total. The minimum absolute atomic E-state index is 0.00640. The van der Waals surface area contributed by atoms with Gasteiger partial charge in [-0.25, -0.2) is 0 Å². The molecule has 4 fully saturated rings. The van der Waals surface area contributed by atoms with Crippen LogP contribution < -0.4 is 0 Å². The fourth-order valence-corrected chi connectivity index (χ4v) is 8.66. The van der Waals surface area contributed by atoms with Crippen LogP contribution >= 0.6 is 11.6 Å². The summed E-state index contributed by atoms with van der Waals surface area (Å²) in [5.41, 5.74) is 1.10. The molecule has 4 saturated carbocycles. The number of hydrogen-bond donors (Lipinski definition) is 1. The molecule has 0 aromatic carbocycles. The van der Waals surface area contributed by atoms with Crippen molar-refractivity contribution in [3.8, 4) is 0 Å². The minimum Gasteiger partial charge on any atom is -0.388 e. The number of alkyl halides is 1. The third kappa shape index (κ3) is 1.62. The summed E-state index contributed by atoms with van der Waals surface area (Å²) < 4.78 is 0. The predicted octanol–water partition coefficient (Wildman–Crippen LogP) is 4.34. The predicted molar refractivity (Wildman–Crippen MR) is 94.7 cm³/mol. The number of allylic oxidation sites excluding steroid dienone is 1. The number of carbonyl (C=O) groups excluding carboxylic acids is 1. The number of rotatable bonds is 1. The zero-order valence-electron chi connectivity index (χ0n) is 14.9. The van der Waals surface area contributed by atoms with Gasteiger partial charge >= 0.3 is 0 Å². The van der Waals surface area contributed by atoms with Crippen molar-refractivity contribution in [2.45, 2.75) is 64.4 Å². The van der Waals surface area contributed by atoms with E-state index in [2.05, 4.69) is 13.8 Å². The quantitative estimate of drug-likeness (QED) is 0.715. The van der Waals surface area contributed by atoms with E-state index in [-0.39, 0.29) is 5.41 Å². The number of hydrogen-bond acceptors (Lipinski definition) is 2. The molecular formula is C21H29ClO2. The second-order valence-corrected chi connectivity index (χ2v) is 10.2. The van der Waals surface area contributed by atoms with Crippen molar-refractivity contribution in [3.05, 3.63) is 11.6 Å². The molecule has 0 saturated heterocycles. The maximum absolute atomic E-state index is 11.9. The third-order valence-electron chi connectivity index (χ3n) is 9.26. The molecule has 0 bridgehead atoms. The Morgan fingerprint density at radius 1 is 1.33 bits per heavy atom. The first-order chi connectivity index (χ1) is 11.4. The van der Waals surface area contributed by atoms with E-state index in [9.17, 15) is 9.90 Å². The van der Waals surface area contributed by atoms with Crippen LogP contribution in [0.1, 0.15) is 58.8 Å². The highest BCUT2D eigenvalue weighted by atomic mass is 35.5. The van der Waals surface area contributed by atoms with E-state index in [1.54, 1.807) is 0 Å². The summed E-state index contributed by atoms with van der Waals surface area (Å²) in [5.74, 6) is 4.11. The van der Waals surface area contributed by atoms with Crippen LogP contribution in [0.25, 0.3) is 0 Å². The zero-order valence-corrected chi connectivity index (χ0v) is 15.6. The van der Waals surface area contributed by atoms with Crippen LogP contribution in [0.15, 0.2) is 11.6 Å². The Morgan fingerprint density at radius 2 is 2.12 bits per heavy atom. The molecule has 8 atom stereocenters. The molecule has 0 aliphatic heterocycles. The van der Waals surface area contributed by atoms with E-state index >= 15 is 0 Å². The van der Waals surface area contributed by atoms with Crippen LogP contribution in [0.3, 0.4) is 0 Å². The number of ketones is 1. The van der Waals surface area contributed by atoms with Crippen LogP contribution in [-0.4, -0.2) is 22.4 Å². The largest absolute Gasteiger partial charge is 0.388 e. The first kappa shape index (κ1) is 15.9. The molecule has 0 amide bonds. The van der Waals surface area contributed by atoms with Gasteiger partial charge in [-0.1, -0.05) is 19.4 Å². The number of carbonyl (C=O) groups is 1. The molecular weight excluding hydrogens is 320 g/mol. The van der Waals surface area contributed by atoms with Crippen LogP contribution in [0.4, 0.5) is 0 Å². The summed E-state index contributed by atoms with van der Waals surface area (Å²) in [6.07, 6.45) is 9.42.